The first kappa shape index (κ1) is 50.8. The number of likely N-dealkylation sites (N-methyl/N-ethyl adjacent to an activating group) is 1. The highest BCUT2D eigenvalue weighted by molar-refractivity contribution is 5.72. The van der Waals surface area contributed by atoms with Crippen molar-refractivity contribution >= 4 is 17.9 Å². The lowest BCUT2D eigenvalue weighted by Crippen LogP contribution is -2.50. The topological polar surface area (TPSA) is 99.1 Å². The SMILES string of the molecule is CC/C=C/C/C=C/C/C=C/CCCCC(=O)OC(COCCC(C(=O)O)[N+](C)(C)C)COC(=O)CCCCCCC/C=C/C=C/C=C/CCCCCCC. The molecule has 0 bridgehead atoms. The van der Waals surface area contributed by atoms with Crippen molar-refractivity contribution in [3.05, 3.63) is 72.9 Å². The number of carbonyl (C=O) groups is 3. The zero-order valence-corrected chi connectivity index (χ0v) is 34.9. The molecule has 0 heterocycles. The molecular formula is C46H78NO7+. The van der Waals surface area contributed by atoms with Crippen LogP contribution in [0.15, 0.2) is 72.9 Å². The molecule has 1 N–H and O–H groups in total. The molecule has 0 saturated carbocycles. The van der Waals surface area contributed by atoms with Crippen molar-refractivity contribution in [3.63, 3.8) is 0 Å². The van der Waals surface area contributed by atoms with Gasteiger partial charge in [-0.3, -0.25) is 9.59 Å². The Bertz CT molecular complexity index is 1110. The van der Waals surface area contributed by atoms with Crippen LogP contribution in [0.4, 0.5) is 0 Å². The van der Waals surface area contributed by atoms with E-state index in [4.69, 9.17) is 14.2 Å². The van der Waals surface area contributed by atoms with Gasteiger partial charge < -0.3 is 23.8 Å². The summed E-state index contributed by atoms with van der Waals surface area (Å²) < 4.78 is 17.2. The second-order valence-electron chi connectivity index (χ2n) is 14.9. The van der Waals surface area contributed by atoms with Crippen LogP contribution in [0.25, 0.3) is 0 Å². The third-order valence-electron chi connectivity index (χ3n) is 8.90. The molecule has 0 radical (unpaired) electrons. The quantitative estimate of drug-likeness (QED) is 0.0223. The van der Waals surface area contributed by atoms with Gasteiger partial charge in [-0.1, -0.05) is 132 Å². The van der Waals surface area contributed by atoms with Gasteiger partial charge in [-0.25, -0.2) is 4.79 Å². The minimum atomic E-state index is -0.888. The molecule has 2 unspecified atom stereocenters. The van der Waals surface area contributed by atoms with Crippen LogP contribution in [-0.2, 0) is 28.6 Å². The summed E-state index contributed by atoms with van der Waals surface area (Å²) in [5.74, 6) is -1.56. The number of carboxylic acids is 1. The van der Waals surface area contributed by atoms with Gasteiger partial charge in [-0.2, -0.15) is 0 Å². The third-order valence-corrected chi connectivity index (χ3v) is 8.90. The number of carbonyl (C=O) groups excluding carboxylic acids is 2. The van der Waals surface area contributed by atoms with E-state index in [9.17, 15) is 19.5 Å². The number of allylic oxidation sites excluding steroid dienone is 12. The number of esters is 2. The summed E-state index contributed by atoms with van der Waals surface area (Å²) in [5.41, 5.74) is 0. The maximum atomic E-state index is 12.7. The molecule has 0 aromatic rings. The average molecular weight is 757 g/mol. The lowest BCUT2D eigenvalue weighted by atomic mass is 10.1. The molecule has 8 heteroatoms. The Labute approximate surface area is 330 Å². The predicted molar refractivity (Wildman–Crippen MR) is 224 cm³/mol. The van der Waals surface area contributed by atoms with Gasteiger partial charge in [0, 0.05) is 19.3 Å². The molecule has 0 aromatic carbocycles. The van der Waals surface area contributed by atoms with Crippen molar-refractivity contribution in [2.45, 2.75) is 161 Å². The average Bonchev–Trinajstić information content (AvgIpc) is 3.12. The van der Waals surface area contributed by atoms with Gasteiger partial charge in [0.1, 0.15) is 6.61 Å². The lowest BCUT2D eigenvalue weighted by Gasteiger charge is -2.31. The van der Waals surface area contributed by atoms with Crippen LogP contribution in [0.3, 0.4) is 0 Å². The normalized spacial score (nSPS) is 13.7. The number of ether oxygens (including phenoxy) is 3. The molecule has 2 atom stereocenters. The largest absolute Gasteiger partial charge is 0.477 e. The van der Waals surface area contributed by atoms with Gasteiger partial charge in [-0.15, -0.1) is 0 Å². The van der Waals surface area contributed by atoms with Crippen LogP contribution in [0.2, 0.25) is 0 Å². The second-order valence-corrected chi connectivity index (χ2v) is 14.9. The first-order valence-electron chi connectivity index (χ1n) is 21.0. The molecule has 8 nitrogen and oxygen atoms in total. The maximum absolute atomic E-state index is 12.7. The van der Waals surface area contributed by atoms with E-state index in [-0.39, 0.29) is 42.7 Å². The number of rotatable bonds is 36. The highest BCUT2D eigenvalue weighted by Crippen LogP contribution is 2.12. The molecular weight excluding hydrogens is 679 g/mol. The Kier molecular flexibility index (Phi) is 34.5. The van der Waals surface area contributed by atoms with Crippen molar-refractivity contribution in [1.29, 1.82) is 0 Å². The molecule has 0 aliphatic rings. The fourth-order valence-electron chi connectivity index (χ4n) is 5.63. The molecule has 0 aromatic heterocycles. The molecule has 0 fully saturated rings. The van der Waals surface area contributed by atoms with E-state index in [0.29, 0.717) is 19.3 Å². The zero-order valence-electron chi connectivity index (χ0n) is 34.9. The van der Waals surface area contributed by atoms with E-state index >= 15 is 0 Å². The number of quaternary nitrogens is 1. The molecule has 0 aliphatic carbocycles. The van der Waals surface area contributed by atoms with Crippen LogP contribution in [0.1, 0.15) is 149 Å². The number of carboxylic acid groups (broad SMARTS) is 1. The highest BCUT2D eigenvalue weighted by atomic mass is 16.6. The summed E-state index contributed by atoms with van der Waals surface area (Å²) >= 11 is 0. The molecule has 54 heavy (non-hydrogen) atoms. The van der Waals surface area contributed by atoms with Crippen LogP contribution in [0, 0.1) is 0 Å². The standard InChI is InChI=1S/C46H77NO7/c1-6-8-10-12-14-16-18-20-21-22-23-24-25-27-28-30-32-34-36-44(48)53-41-42(40-52-39-38-43(46(50)51)47(3,4)5)54-45(49)37-35-33-31-29-26-19-17-15-13-11-9-7-2/h9,11,15,17-18,20-24,26,29,42-43H,6-8,10,12-14,16,19,25,27-28,30-41H2,1-5H3/p+1/b11-9+,17-15+,20-18+,22-21+,24-23+,29-26+. The summed E-state index contributed by atoms with van der Waals surface area (Å²) in [6.45, 7) is 4.51. The van der Waals surface area contributed by atoms with Crippen molar-refractivity contribution in [1.82, 2.24) is 0 Å². The van der Waals surface area contributed by atoms with Crippen LogP contribution in [0.5, 0.6) is 0 Å². The van der Waals surface area contributed by atoms with E-state index in [1.807, 2.05) is 21.1 Å². The Balaban J connectivity index is 4.45. The van der Waals surface area contributed by atoms with Gasteiger partial charge >= 0.3 is 17.9 Å². The maximum Gasteiger partial charge on any atom is 0.362 e. The molecule has 0 spiro atoms. The second kappa shape index (κ2) is 36.7. The van der Waals surface area contributed by atoms with Gasteiger partial charge in [0.15, 0.2) is 12.1 Å². The van der Waals surface area contributed by atoms with Crippen molar-refractivity contribution in [2.24, 2.45) is 0 Å². The third kappa shape index (κ3) is 34.5. The van der Waals surface area contributed by atoms with E-state index in [2.05, 4.69) is 86.8 Å². The van der Waals surface area contributed by atoms with E-state index in [0.717, 1.165) is 77.0 Å². The summed E-state index contributed by atoms with van der Waals surface area (Å²) in [6, 6.07) is -0.627. The molecule has 0 rings (SSSR count). The minimum absolute atomic E-state index is 0.0348. The number of unbranched alkanes of at least 4 members (excludes halogenated alkanes) is 12. The number of nitrogens with zero attached hydrogens (tertiary/aromatic N) is 1. The molecule has 308 valence electrons. The fourth-order valence-corrected chi connectivity index (χ4v) is 5.63. The first-order valence-corrected chi connectivity index (χ1v) is 21.0. The van der Waals surface area contributed by atoms with Crippen LogP contribution >= 0.6 is 0 Å². The van der Waals surface area contributed by atoms with Gasteiger partial charge in [0.25, 0.3) is 0 Å². The van der Waals surface area contributed by atoms with Gasteiger partial charge in [0.05, 0.1) is 34.4 Å². The monoisotopic (exact) mass is 757 g/mol. The number of hydrogen-bond donors (Lipinski definition) is 1. The minimum Gasteiger partial charge on any atom is -0.477 e. The van der Waals surface area contributed by atoms with E-state index < -0.39 is 18.1 Å². The van der Waals surface area contributed by atoms with E-state index in [1.54, 1.807) is 0 Å². The van der Waals surface area contributed by atoms with Gasteiger partial charge in [0.2, 0.25) is 0 Å². The Morgan fingerprint density at radius 1 is 0.593 bits per heavy atom. The van der Waals surface area contributed by atoms with Gasteiger partial charge in [-0.05, 0) is 70.6 Å². The first-order chi connectivity index (χ1) is 26.1. The predicted octanol–water partition coefficient (Wildman–Crippen LogP) is 11.2. The lowest BCUT2D eigenvalue weighted by molar-refractivity contribution is -0.887. The van der Waals surface area contributed by atoms with Crippen molar-refractivity contribution < 1.29 is 38.2 Å². The fraction of sp³-hybridized carbons (Fsp3) is 0.674. The molecule has 0 aliphatic heterocycles. The molecule has 0 saturated heterocycles. The summed E-state index contributed by atoms with van der Waals surface area (Å²) in [5, 5.41) is 9.60. The summed E-state index contributed by atoms with van der Waals surface area (Å²) in [6.07, 6.45) is 45.2. The zero-order chi connectivity index (χ0) is 40.0. The van der Waals surface area contributed by atoms with E-state index in [1.165, 1.54) is 32.1 Å². The Morgan fingerprint density at radius 2 is 1.11 bits per heavy atom. The van der Waals surface area contributed by atoms with Crippen molar-refractivity contribution in [2.75, 3.05) is 41.0 Å². The van der Waals surface area contributed by atoms with Crippen LogP contribution < -0.4 is 0 Å². The number of hydrogen-bond acceptors (Lipinski definition) is 6. The highest BCUT2D eigenvalue weighted by Gasteiger charge is 2.31. The summed E-state index contributed by atoms with van der Waals surface area (Å²) in [7, 11) is 5.49. The van der Waals surface area contributed by atoms with Crippen molar-refractivity contribution in [3.8, 4) is 0 Å². The Hall–Kier alpha value is -3.23. The number of aliphatic carboxylic acids is 1. The Morgan fingerprint density at radius 3 is 1.72 bits per heavy atom. The molecule has 0 amide bonds. The smallest absolute Gasteiger partial charge is 0.362 e. The summed E-state index contributed by atoms with van der Waals surface area (Å²) in [4.78, 5) is 36.9. The van der Waals surface area contributed by atoms with Crippen LogP contribution in [-0.4, -0.2) is 80.6 Å².